The molecule has 0 aromatic heterocycles. The third-order valence-corrected chi connectivity index (χ3v) is 3.10. The van der Waals surface area contributed by atoms with Gasteiger partial charge in [-0.3, -0.25) is 0 Å². The largest absolute Gasteiger partial charge is 0.371 e. The van der Waals surface area contributed by atoms with Crippen molar-refractivity contribution in [3.05, 3.63) is 22.5 Å². The third kappa shape index (κ3) is 1.16. The molecule has 2 nitrogen and oxygen atoms in total. The van der Waals surface area contributed by atoms with E-state index < -0.39 is 0 Å². The van der Waals surface area contributed by atoms with E-state index in [1.54, 1.807) is 0 Å². The summed E-state index contributed by atoms with van der Waals surface area (Å²) in [4.78, 5) is 4.78. The van der Waals surface area contributed by atoms with Crippen LogP contribution in [0.3, 0.4) is 0 Å². The minimum atomic E-state index is 1.15. The monoisotopic (exact) mass is 178 g/mol. The van der Waals surface area contributed by atoms with Gasteiger partial charge < -0.3 is 9.80 Å². The molecule has 1 fully saturated rings. The van der Waals surface area contributed by atoms with E-state index in [4.69, 9.17) is 0 Å². The summed E-state index contributed by atoms with van der Waals surface area (Å²) in [6, 6.07) is 0. The van der Waals surface area contributed by atoms with E-state index in [1.165, 1.54) is 29.0 Å². The molecule has 0 atom stereocenters. The molecule has 0 aromatic carbocycles. The van der Waals surface area contributed by atoms with Gasteiger partial charge in [-0.05, 0) is 31.4 Å². The van der Waals surface area contributed by atoms with Crippen molar-refractivity contribution >= 4 is 0 Å². The third-order valence-electron chi connectivity index (χ3n) is 3.10. The quantitative estimate of drug-likeness (QED) is 0.558. The summed E-state index contributed by atoms with van der Waals surface area (Å²) >= 11 is 0. The number of rotatable bonds is 0. The van der Waals surface area contributed by atoms with Crippen molar-refractivity contribution in [1.82, 2.24) is 9.80 Å². The molecular formula is C11H18N2. The van der Waals surface area contributed by atoms with Crippen molar-refractivity contribution in [2.45, 2.75) is 20.3 Å². The van der Waals surface area contributed by atoms with Crippen LogP contribution >= 0.6 is 0 Å². The predicted molar refractivity (Wildman–Crippen MR) is 55.3 cm³/mol. The lowest BCUT2D eigenvalue weighted by molar-refractivity contribution is 0.275. The van der Waals surface area contributed by atoms with Crippen LogP contribution in [0, 0.1) is 0 Å². The molecule has 0 radical (unpaired) electrons. The number of piperazine rings is 1. The molecule has 0 amide bonds. The van der Waals surface area contributed by atoms with E-state index in [9.17, 15) is 0 Å². The lowest BCUT2D eigenvalue weighted by atomic mass is 10.2. The van der Waals surface area contributed by atoms with Crippen LogP contribution in [0.25, 0.3) is 0 Å². The Balaban J connectivity index is 2.44. The molecule has 2 rings (SSSR count). The maximum Gasteiger partial charge on any atom is 0.0593 e. The van der Waals surface area contributed by atoms with Crippen LogP contribution in [0.15, 0.2) is 22.5 Å². The Morgan fingerprint density at radius 2 is 1.23 bits per heavy atom. The summed E-state index contributed by atoms with van der Waals surface area (Å²) in [6.45, 7) is 6.81. The Morgan fingerprint density at radius 3 is 1.62 bits per heavy atom. The van der Waals surface area contributed by atoms with Gasteiger partial charge in [0.2, 0.25) is 0 Å². The van der Waals surface area contributed by atoms with Crippen molar-refractivity contribution in [3.63, 3.8) is 0 Å². The van der Waals surface area contributed by atoms with Gasteiger partial charge in [0.1, 0.15) is 0 Å². The van der Waals surface area contributed by atoms with Crippen molar-refractivity contribution in [2.24, 2.45) is 0 Å². The van der Waals surface area contributed by atoms with Crippen molar-refractivity contribution < 1.29 is 0 Å². The second kappa shape index (κ2) is 2.79. The van der Waals surface area contributed by atoms with Crippen LogP contribution in [0.1, 0.15) is 20.3 Å². The van der Waals surface area contributed by atoms with E-state index in [1.807, 2.05) is 0 Å². The molecule has 1 saturated heterocycles. The fraction of sp³-hybridized carbons (Fsp3) is 0.636. The smallest absolute Gasteiger partial charge is 0.0593 e. The zero-order valence-corrected chi connectivity index (χ0v) is 9.02. The number of allylic oxidation sites excluding steroid dienone is 2. The summed E-state index contributed by atoms with van der Waals surface area (Å²) in [7, 11) is 4.40. The molecular weight excluding hydrogens is 160 g/mol. The van der Waals surface area contributed by atoms with Crippen LogP contribution in [-0.4, -0.2) is 37.0 Å². The standard InChI is InChI=1S/C11H18N2/c1-8-7-9(2)11-10(8)12(3)5-6-13(11)4/h5-7H2,1-4H3. The number of likely N-dealkylation sites (N-methyl/N-ethyl adjacent to an activating group) is 2. The van der Waals surface area contributed by atoms with Crippen LogP contribution in [0.2, 0.25) is 0 Å². The zero-order chi connectivity index (χ0) is 9.59. The minimum Gasteiger partial charge on any atom is -0.371 e. The second-order valence-corrected chi connectivity index (χ2v) is 4.28. The number of nitrogens with zero attached hydrogens (tertiary/aromatic N) is 2. The maximum atomic E-state index is 2.39. The van der Waals surface area contributed by atoms with E-state index in [0.717, 1.165) is 13.1 Å². The van der Waals surface area contributed by atoms with Gasteiger partial charge in [0, 0.05) is 27.2 Å². The molecule has 1 aliphatic heterocycles. The molecule has 0 unspecified atom stereocenters. The lowest BCUT2D eigenvalue weighted by Crippen LogP contribution is -2.39. The Labute approximate surface area is 80.5 Å². The zero-order valence-electron chi connectivity index (χ0n) is 9.02. The first-order valence-electron chi connectivity index (χ1n) is 4.93. The summed E-state index contributed by atoms with van der Waals surface area (Å²) in [6.07, 6.45) is 1.17. The van der Waals surface area contributed by atoms with E-state index in [0.29, 0.717) is 0 Å². The lowest BCUT2D eigenvalue weighted by Gasteiger charge is -2.37. The summed E-state index contributed by atoms with van der Waals surface area (Å²) in [5.41, 5.74) is 6.01. The normalized spacial score (nSPS) is 23.1. The molecule has 13 heavy (non-hydrogen) atoms. The fourth-order valence-electron chi connectivity index (χ4n) is 2.51. The Morgan fingerprint density at radius 1 is 0.846 bits per heavy atom. The summed E-state index contributed by atoms with van der Waals surface area (Å²) in [5, 5.41) is 0. The van der Waals surface area contributed by atoms with Crippen molar-refractivity contribution in [3.8, 4) is 0 Å². The molecule has 0 aromatic rings. The molecule has 0 N–H and O–H groups in total. The highest BCUT2D eigenvalue weighted by atomic mass is 15.3. The van der Waals surface area contributed by atoms with Crippen LogP contribution in [-0.2, 0) is 0 Å². The molecule has 0 bridgehead atoms. The highest BCUT2D eigenvalue weighted by Crippen LogP contribution is 2.36. The van der Waals surface area contributed by atoms with Gasteiger partial charge >= 0.3 is 0 Å². The molecule has 2 heteroatoms. The van der Waals surface area contributed by atoms with Gasteiger partial charge in [-0.1, -0.05) is 0 Å². The molecule has 0 spiro atoms. The first-order chi connectivity index (χ1) is 6.11. The topological polar surface area (TPSA) is 6.48 Å². The van der Waals surface area contributed by atoms with Gasteiger partial charge in [0.05, 0.1) is 11.4 Å². The molecule has 1 aliphatic carbocycles. The number of hydrogen-bond donors (Lipinski definition) is 0. The van der Waals surface area contributed by atoms with Gasteiger partial charge in [-0.25, -0.2) is 0 Å². The van der Waals surface area contributed by atoms with Gasteiger partial charge in [0.25, 0.3) is 0 Å². The number of fused-ring (bicyclic) bond motifs is 1. The van der Waals surface area contributed by atoms with E-state index in [-0.39, 0.29) is 0 Å². The highest BCUT2D eigenvalue weighted by molar-refractivity contribution is 5.45. The highest BCUT2D eigenvalue weighted by Gasteiger charge is 2.28. The molecule has 72 valence electrons. The Hall–Kier alpha value is -0.920. The molecule has 1 heterocycles. The van der Waals surface area contributed by atoms with Crippen LogP contribution in [0.5, 0.6) is 0 Å². The minimum absolute atomic E-state index is 1.15. The fourth-order valence-corrected chi connectivity index (χ4v) is 2.51. The van der Waals surface area contributed by atoms with Crippen LogP contribution in [0.4, 0.5) is 0 Å². The average Bonchev–Trinajstić information content (AvgIpc) is 2.36. The van der Waals surface area contributed by atoms with Crippen molar-refractivity contribution in [1.29, 1.82) is 0 Å². The average molecular weight is 178 g/mol. The van der Waals surface area contributed by atoms with Gasteiger partial charge in [0.15, 0.2) is 0 Å². The van der Waals surface area contributed by atoms with Crippen molar-refractivity contribution in [2.75, 3.05) is 27.2 Å². The molecule has 0 saturated carbocycles. The SMILES string of the molecule is CC1=C2C(=C(C)C1)N(C)CCN2C. The summed E-state index contributed by atoms with van der Waals surface area (Å²) in [5.74, 6) is 0. The first-order valence-corrected chi connectivity index (χ1v) is 4.93. The Bertz CT molecular complexity index is 269. The second-order valence-electron chi connectivity index (χ2n) is 4.28. The summed E-state index contributed by atoms with van der Waals surface area (Å²) < 4.78 is 0. The van der Waals surface area contributed by atoms with Crippen LogP contribution < -0.4 is 0 Å². The maximum absolute atomic E-state index is 2.39. The first kappa shape index (κ1) is 8.67. The number of hydrogen-bond acceptors (Lipinski definition) is 2. The van der Waals surface area contributed by atoms with Gasteiger partial charge in [-0.2, -0.15) is 0 Å². The molecule has 2 aliphatic rings. The predicted octanol–water partition coefficient (Wildman–Crippen LogP) is 1.82. The van der Waals surface area contributed by atoms with E-state index >= 15 is 0 Å². The van der Waals surface area contributed by atoms with E-state index in [2.05, 4.69) is 37.7 Å². The Kier molecular flexibility index (Phi) is 1.86. The van der Waals surface area contributed by atoms with Gasteiger partial charge in [-0.15, -0.1) is 0 Å².